The second kappa shape index (κ2) is 14.0. The minimum absolute atomic E-state index is 0.00135. The van der Waals surface area contributed by atoms with E-state index in [1.54, 1.807) is 38.5 Å². The Hall–Kier alpha value is -2.70. The van der Waals surface area contributed by atoms with Crippen LogP contribution in [0.1, 0.15) is 5.76 Å². The third-order valence-electron chi connectivity index (χ3n) is 4.88. The number of para-hydroxylation sites is 1. The van der Waals surface area contributed by atoms with Crippen LogP contribution in [0.5, 0.6) is 0 Å². The number of fused-ring (bicyclic) bond motifs is 2. The van der Waals surface area contributed by atoms with Crippen molar-refractivity contribution in [1.82, 2.24) is 0 Å². The molecule has 10 nitrogen and oxygen atoms in total. The predicted octanol–water partition coefficient (Wildman–Crippen LogP) is 2.06. The van der Waals surface area contributed by atoms with Crippen molar-refractivity contribution in [2.75, 3.05) is 72.8 Å². The Balaban J connectivity index is 1.84. The molecule has 1 aliphatic rings. The molecule has 0 saturated heterocycles. The number of carbonyl (C=O) groups is 2. The summed E-state index contributed by atoms with van der Waals surface area (Å²) < 4.78 is 37.0. The summed E-state index contributed by atoms with van der Waals surface area (Å²) in [7, 11) is 3.11. The monoisotopic (exact) mass is 508 g/mol. The summed E-state index contributed by atoms with van der Waals surface area (Å²) >= 11 is 1.12. The van der Waals surface area contributed by atoms with Gasteiger partial charge in [0, 0.05) is 20.0 Å². The van der Waals surface area contributed by atoms with Crippen LogP contribution in [0.15, 0.2) is 43.9 Å². The lowest BCUT2D eigenvalue weighted by Gasteiger charge is -2.20. The summed E-state index contributed by atoms with van der Waals surface area (Å²) in [6.45, 7) is 1.79. The highest BCUT2D eigenvalue weighted by Gasteiger charge is 2.34. The first-order valence-corrected chi connectivity index (χ1v) is 12.0. The highest BCUT2D eigenvalue weighted by molar-refractivity contribution is 7.99. The minimum Gasteiger partial charge on any atom is -0.460 e. The molecule has 0 unspecified atom stereocenters. The zero-order chi connectivity index (χ0) is 25.0. The van der Waals surface area contributed by atoms with Crippen LogP contribution >= 0.6 is 11.8 Å². The Bertz CT molecular complexity index is 1110. The van der Waals surface area contributed by atoms with Gasteiger partial charge in [0.1, 0.15) is 24.4 Å². The third kappa shape index (κ3) is 7.15. The van der Waals surface area contributed by atoms with Crippen LogP contribution in [-0.2, 0) is 38.0 Å². The van der Waals surface area contributed by atoms with Crippen molar-refractivity contribution in [1.29, 1.82) is 0 Å². The van der Waals surface area contributed by atoms with Gasteiger partial charge in [0.2, 0.25) is 5.43 Å². The normalized spacial score (nSPS) is 13.1. The van der Waals surface area contributed by atoms with Crippen molar-refractivity contribution in [2.24, 2.45) is 0 Å². The van der Waals surface area contributed by atoms with Crippen LogP contribution in [0.4, 0.5) is 0 Å². The van der Waals surface area contributed by atoms with Gasteiger partial charge in [0.25, 0.3) is 0 Å². The fraction of sp³-hybridized carbons (Fsp3) is 0.458. The minimum atomic E-state index is -0.802. The maximum Gasteiger partial charge on any atom is 0.342 e. The van der Waals surface area contributed by atoms with Crippen LogP contribution < -0.4 is 5.43 Å². The molecular formula is C24H28O10S. The number of methoxy groups -OCH3 is 2. The van der Waals surface area contributed by atoms with Gasteiger partial charge < -0.3 is 32.8 Å². The molecule has 0 bridgehead atoms. The van der Waals surface area contributed by atoms with E-state index in [1.165, 1.54) is 0 Å². The molecule has 3 rings (SSSR count). The molecule has 1 aromatic heterocycles. The molecule has 0 saturated carbocycles. The highest BCUT2D eigenvalue weighted by atomic mass is 32.2. The molecule has 0 spiro atoms. The van der Waals surface area contributed by atoms with E-state index in [9.17, 15) is 14.4 Å². The fourth-order valence-corrected chi connectivity index (χ4v) is 4.25. The van der Waals surface area contributed by atoms with Crippen LogP contribution in [-0.4, -0.2) is 84.8 Å². The Morgan fingerprint density at radius 1 is 0.857 bits per heavy atom. The summed E-state index contributed by atoms with van der Waals surface area (Å²) in [5, 5.41) is 0.386. The fourth-order valence-electron chi connectivity index (χ4n) is 3.19. The molecule has 1 aromatic carbocycles. The maximum atomic E-state index is 13.1. The summed E-state index contributed by atoms with van der Waals surface area (Å²) in [5.74, 6) is -1.46. The van der Waals surface area contributed by atoms with E-state index in [4.69, 9.17) is 32.8 Å². The molecular weight excluding hydrogens is 480 g/mol. The largest absolute Gasteiger partial charge is 0.460 e. The zero-order valence-corrected chi connectivity index (χ0v) is 20.5. The van der Waals surface area contributed by atoms with Crippen LogP contribution in [0.2, 0.25) is 0 Å². The van der Waals surface area contributed by atoms with Gasteiger partial charge in [-0.05, 0) is 12.1 Å². The number of thioether (sulfide) groups is 1. The SMILES string of the molecule is COCCOCCOC(=O)C1=C(C(=O)OCCOCCOC)c2oc3ccccc3c(=O)c2SC1. The van der Waals surface area contributed by atoms with Crippen molar-refractivity contribution in [3.63, 3.8) is 0 Å². The van der Waals surface area contributed by atoms with Crippen molar-refractivity contribution >= 4 is 40.2 Å². The number of hydrogen-bond donors (Lipinski definition) is 0. The number of rotatable bonds is 14. The van der Waals surface area contributed by atoms with Gasteiger partial charge in [0.05, 0.1) is 55.5 Å². The first kappa shape index (κ1) is 26.9. The van der Waals surface area contributed by atoms with Crippen molar-refractivity contribution in [3.05, 3.63) is 45.8 Å². The van der Waals surface area contributed by atoms with E-state index in [1.807, 2.05) is 0 Å². The van der Waals surface area contributed by atoms with E-state index in [0.29, 0.717) is 37.4 Å². The molecule has 0 aliphatic carbocycles. The third-order valence-corrected chi connectivity index (χ3v) is 5.97. The average molecular weight is 509 g/mol. The van der Waals surface area contributed by atoms with Crippen molar-refractivity contribution in [3.8, 4) is 0 Å². The molecule has 2 aromatic rings. The molecule has 11 heteroatoms. The van der Waals surface area contributed by atoms with E-state index < -0.39 is 11.9 Å². The average Bonchev–Trinajstić information content (AvgIpc) is 2.87. The lowest BCUT2D eigenvalue weighted by molar-refractivity contribution is -0.142. The molecule has 0 radical (unpaired) electrons. The second-order valence-corrected chi connectivity index (χ2v) is 8.20. The van der Waals surface area contributed by atoms with Gasteiger partial charge in [-0.3, -0.25) is 4.79 Å². The Morgan fingerprint density at radius 3 is 2.11 bits per heavy atom. The number of ether oxygens (including phenoxy) is 6. The van der Waals surface area contributed by atoms with Gasteiger partial charge in [0.15, 0.2) is 5.76 Å². The number of hydrogen-bond acceptors (Lipinski definition) is 11. The Kier molecular flexibility index (Phi) is 10.8. The molecule has 0 N–H and O–H groups in total. The Labute approximate surface area is 206 Å². The van der Waals surface area contributed by atoms with Gasteiger partial charge in [-0.2, -0.15) is 0 Å². The molecule has 0 fully saturated rings. The summed E-state index contributed by atoms with van der Waals surface area (Å²) in [6, 6.07) is 6.71. The standard InChI is InChI=1S/C24H28O10S/c1-28-7-9-30-11-13-32-23(26)17-15-35-22-20(25)16-5-3-4-6-18(16)34-21(22)19(17)24(27)33-14-12-31-10-8-29-2/h3-6H,7-15H2,1-2H3. The zero-order valence-electron chi connectivity index (χ0n) is 19.7. The van der Waals surface area contributed by atoms with E-state index >= 15 is 0 Å². The van der Waals surface area contributed by atoms with Gasteiger partial charge >= 0.3 is 11.9 Å². The summed E-state index contributed by atoms with van der Waals surface area (Å²) in [5.41, 5.74) is -0.0443. The molecule has 0 amide bonds. The van der Waals surface area contributed by atoms with Gasteiger partial charge in [-0.1, -0.05) is 12.1 Å². The Morgan fingerprint density at radius 2 is 1.46 bits per heavy atom. The quantitative estimate of drug-likeness (QED) is 0.275. The number of benzene rings is 1. The van der Waals surface area contributed by atoms with Crippen molar-refractivity contribution < 1.29 is 42.4 Å². The molecule has 0 atom stereocenters. The first-order valence-electron chi connectivity index (χ1n) is 11.0. The maximum absolute atomic E-state index is 13.1. The summed E-state index contributed by atoms with van der Waals surface area (Å²) in [4.78, 5) is 39.2. The van der Waals surface area contributed by atoms with E-state index in [0.717, 1.165) is 11.8 Å². The van der Waals surface area contributed by atoms with Crippen molar-refractivity contribution in [2.45, 2.75) is 4.90 Å². The summed E-state index contributed by atoms with van der Waals surface area (Å²) in [6.07, 6.45) is 0. The highest BCUT2D eigenvalue weighted by Crippen LogP contribution is 2.38. The first-order chi connectivity index (χ1) is 17.1. The molecule has 2 heterocycles. The molecule has 190 valence electrons. The van der Waals surface area contributed by atoms with Gasteiger partial charge in [-0.25, -0.2) is 9.59 Å². The molecule has 1 aliphatic heterocycles. The van der Waals surface area contributed by atoms with Crippen LogP contribution in [0.3, 0.4) is 0 Å². The van der Waals surface area contributed by atoms with Crippen LogP contribution in [0, 0.1) is 0 Å². The topological polar surface area (TPSA) is 120 Å². The second-order valence-electron chi connectivity index (χ2n) is 7.21. The molecule has 35 heavy (non-hydrogen) atoms. The smallest absolute Gasteiger partial charge is 0.342 e. The van der Waals surface area contributed by atoms with E-state index in [-0.39, 0.29) is 59.4 Å². The van der Waals surface area contributed by atoms with E-state index in [2.05, 4.69) is 0 Å². The lowest BCUT2D eigenvalue weighted by Crippen LogP contribution is -2.24. The number of carbonyl (C=O) groups excluding carboxylic acids is 2. The van der Waals surface area contributed by atoms with Gasteiger partial charge in [-0.15, -0.1) is 11.8 Å². The predicted molar refractivity (Wildman–Crippen MR) is 127 cm³/mol. The number of esters is 2. The lowest BCUT2D eigenvalue weighted by atomic mass is 10.0. The van der Waals surface area contributed by atoms with Crippen LogP contribution in [0.25, 0.3) is 16.5 Å².